The molecule has 0 atom stereocenters. The van der Waals surface area contributed by atoms with Gasteiger partial charge in [-0.05, 0) is 31.8 Å². The number of aliphatic carboxylic acids is 1. The van der Waals surface area contributed by atoms with Crippen LogP contribution >= 0.6 is 0 Å². The molecule has 0 bridgehead atoms. The Balaban J connectivity index is 3.06. The molecule has 0 heterocycles. The van der Waals surface area contributed by atoms with Crippen molar-refractivity contribution in [1.29, 1.82) is 0 Å². The van der Waals surface area contributed by atoms with Gasteiger partial charge >= 0.3 is 5.97 Å². The second-order valence-corrected chi connectivity index (χ2v) is 6.87. The van der Waals surface area contributed by atoms with Crippen LogP contribution in [0, 0.1) is 5.92 Å². The fourth-order valence-electron chi connectivity index (χ4n) is 2.99. The lowest BCUT2D eigenvalue weighted by atomic mass is 10.00. The van der Waals surface area contributed by atoms with Gasteiger partial charge in [0.05, 0.1) is 0 Å². The first-order valence-electron chi connectivity index (χ1n) is 9.82. The first kappa shape index (κ1) is 22.4. The molecule has 0 fully saturated rings. The molecule has 138 valence electrons. The van der Waals surface area contributed by atoms with Gasteiger partial charge in [-0.2, -0.15) is 0 Å². The smallest absolute Gasteiger partial charge is 0.303 e. The van der Waals surface area contributed by atoms with Crippen molar-refractivity contribution in [2.45, 2.75) is 96.3 Å². The fourth-order valence-corrected chi connectivity index (χ4v) is 2.99. The van der Waals surface area contributed by atoms with Gasteiger partial charge in [0.15, 0.2) is 0 Å². The molecule has 0 spiro atoms. The van der Waals surface area contributed by atoms with Crippen molar-refractivity contribution in [3.05, 3.63) is 0 Å². The Morgan fingerprint density at radius 3 is 1.35 bits per heavy atom. The molecule has 0 aliphatic rings. The standard InChI is InChI=1S/C19H40N2O2/c20-16-18(17-21)14-12-10-8-6-4-2-1-3-5-7-9-11-13-15-19(22)23/h18H,1-17,20-21H2,(H,22,23). The summed E-state index contributed by atoms with van der Waals surface area (Å²) >= 11 is 0. The number of hydrogen-bond donors (Lipinski definition) is 3. The summed E-state index contributed by atoms with van der Waals surface area (Å²) in [6.45, 7) is 1.46. The monoisotopic (exact) mass is 328 g/mol. The topological polar surface area (TPSA) is 89.3 Å². The average Bonchev–Trinajstić information content (AvgIpc) is 2.54. The van der Waals surface area contributed by atoms with E-state index >= 15 is 0 Å². The van der Waals surface area contributed by atoms with Crippen LogP contribution in [0.2, 0.25) is 0 Å². The van der Waals surface area contributed by atoms with E-state index in [1.807, 2.05) is 0 Å². The largest absolute Gasteiger partial charge is 0.481 e. The van der Waals surface area contributed by atoms with Crippen molar-refractivity contribution in [1.82, 2.24) is 0 Å². The van der Waals surface area contributed by atoms with Crippen molar-refractivity contribution >= 4 is 5.97 Å². The molecule has 0 amide bonds. The van der Waals surface area contributed by atoms with Gasteiger partial charge in [-0.25, -0.2) is 0 Å². The van der Waals surface area contributed by atoms with E-state index in [0.29, 0.717) is 12.3 Å². The Morgan fingerprint density at radius 2 is 1.00 bits per heavy atom. The number of nitrogens with two attached hydrogens (primary N) is 2. The van der Waals surface area contributed by atoms with E-state index in [4.69, 9.17) is 16.6 Å². The highest BCUT2D eigenvalue weighted by Crippen LogP contribution is 2.14. The third kappa shape index (κ3) is 17.6. The van der Waals surface area contributed by atoms with E-state index in [1.165, 1.54) is 77.0 Å². The summed E-state index contributed by atoms with van der Waals surface area (Å²) in [5, 5.41) is 8.54. The molecule has 0 radical (unpaired) electrons. The maximum Gasteiger partial charge on any atom is 0.303 e. The van der Waals surface area contributed by atoms with Crippen LogP contribution in [-0.4, -0.2) is 24.2 Å². The SMILES string of the molecule is NCC(CN)CCCCCCCCCCCCCCCC(=O)O. The Bertz CT molecular complexity index is 256. The Kier molecular flexibility index (Phi) is 17.3. The summed E-state index contributed by atoms with van der Waals surface area (Å²) in [5.41, 5.74) is 11.3. The minimum atomic E-state index is -0.663. The van der Waals surface area contributed by atoms with Crippen LogP contribution < -0.4 is 11.5 Å². The maximum atomic E-state index is 10.4. The molecule has 0 rings (SSSR count). The number of rotatable bonds is 18. The van der Waals surface area contributed by atoms with Gasteiger partial charge in [-0.3, -0.25) is 4.79 Å². The summed E-state index contributed by atoms with van der Waals surface area (Å²) < 4.78 is 0. The highest BCUT2D eigenvalue weighted by atomic mass is 16.4. The Morgan fingerprint density at radius 1 is 0.652 bits per heavy atom. The van der Waals surface area contributed by atoms with Crippen molar-refractivity contribution in [3.8, 4) is 0 Å². The summed E-state index contributed by atoms with van der Waals surface area (Å²) in [6.07, 6.45) is 18.0. The van der Waals surface area contributed by atoms with Gasteiger partial charge in [0.25, 0.3) is 0 Å². The van der Waals surface area contributed by atoms with Crippen molar-refractivity contribution < 1.29 is 9.90 Å². The van der Waals surface area contributed by atoms with Gasteiger partial charge in [0.1, 0.15) is 0 Å². The first-order chi connectivity index (χ1) is 11.2. The molecule has 0 aromatic heterocycles. The molecular formula is C19H40N2O2. The third-order valence-electron chi connectivity index (χ3n) is 4.67. The second kappa shape index (κ2) is 17.7. The van der Waals surface area contributed by atoms with Crippen LogP contribution in [0.4, 0.5) is 0 Å². The summed E-state index contributed by atoms with van der Waals surface area (Å²) in [5.74, 6) is -0.136. The van der Waals surface area contributed by atoms with Crippen molar-refractivity contribution in [2.75, 3.05) is 13.1 Å². The lowest BCUT2D eigenvalue weighted by Crippen LogP contribution is -2.22. The van der Waals surface area contributed by atoms with E-state index in [2.05, 4.69) is 0 Å². The number of unbranched alkanes of at least 4 members (excludes halogenated alkanes) is 12. The van der Waals surface area contributed by atoms with Crippen LogP contribution in [0.15, 0.2) is 0 Å². The average molecular weight is 329 g/mol. The highest BCUT2D eigenvalue weighted by molar-refractivity contribution is 5.66. The zero-order chi connectivity index (χ0) is 17.2. The van der Waals surface area contributed by atoms with Gasteiger partial charge in [0.2, 0.25) is 0 Å². The molecule has 0 aliphatic carbocycles. The van der Waals surface area contributed by atoms with Crippen LogP contribution in [0.25, 0.3) is 0 Å². The van der Waals surface area contributed by atoms with Crippen molar-refractivity contribution in [3.63, 3.8) is 0 Å². The van der Waals surface area contributed by atoms with Crippen LogP contribution in [0.3, 0.4) is 0 Å². The molecule has 0 saturated heterocycles. The van der Waals surface area contributed by atoms with Gasteiger partial charge in [0, 0.05) is 6.42 Å². The highest BCUT2D eigenvalue weighted by Gasteiger charge is 2.02. The van der Waals surface area contributed by atoms with Crippen LogP contribution in [0.1, 0.15) is 96.3 Å². The lowest BCUT2D eigenvalue weighted by Gasteiger charge is -2.11. The number of carboxylic acid groups (broad SMARTS) is 1. The second-order valence-electron chi connectivity index (χ2n) is 6.87. The first-order valence-corrected chi connectivity index (χ1v) is 9.82. The molecule has 0 unspecified atom stereocenters. The summed E-state index contributed by atoms with van der Waals surface area (Å²) in [6, 6.07) is 0. The van der Waals surface area contributed by atoms with E-state index in [0.717, 1.165) is 25.9 Å². The van der Waals surface area contributed by atoms with Crippen molar-refractivity contribution in [2.24, 2.45) is 17.4 Å². The van der Waals surface area contributed by atoms with E-state index in [-0.39, 0.29) is 0 Å². The van der Waals surface area contributed by atoms with E-state index in [9.17, 15) is 4.79 Å². The number of hydrogen-bond acceptors (Lipinski definition) is 3. The Labute approximate surface area is 143 Å². The molecule has 5 N–H and O–H groups in total. The predicted molar refractivity (Wildman–Crippen MR) is 98.5 cm³/mol. The normalized spacial score (nSPS) is 11.3. The van der Waals surface area contributed by atoms with Crippen LogP contribution in [0.5, 0.6) is 0 Å². The molecular weight excluding hydrogens is 288 g/mol. The fraction of sp³-hybridized carbons (Fsp3) is 0.947. The third-order valence-corrected chi connectivity index (χ3v) is 4.67. The number of carbonyl (C=O) groups is 1. The molecule has 4 heteroatoms. The molecule has 0 saturated carbocycles. The quantitative estimate of drug-likeness (QED) is 0.324. The summed E-state index contributed by atoms with van der Waals surface area (Å²) in [7, 11) is 0. The van der Waals surface area contributed by atoms with Gasteiger partial charge in [-0.1, -0.05) is 77.0 Å². The van der Waals surface area contributed by atoms with E-state index in [1.54, 1.807) is 0 Å². The lowest BCUT2D eigenvalue weighted by molar-refractivity contribution is -0.137. The Hall–Kier alpha value is -0.610. The predicted octanol–water partition coefficient (Wildman–Crippen LogP) is 4.46. The molecule has 0 aromatic carbocycles. The summed E-state index contributed by atoms with van der Waals surface area (Å²) in [4.78, 5) is 10.4. The number of carboxylic acids is 1. The molecule has 0 aromatic rings. The molecule has 23 heavy (non-hydrogen) atoms. The van der Waals surface area contributed by atoms with E-state index < -0.39 is 5.97 Å². The van der Waals surface area contributed by atoms with Gasteiger partial charge in [-0.15, -0.1) is 0 Å². The zero-order valence-corrected chi connectivity index (χ0v) is 15.1. The van der Waals surface area contributed by atoms with Crippen LogP contribution in [-0.2, 0) is 4.79 Å². The maximum absolute atomic E-state index is 10.4. The zero-order valence-electron chi connectivity index (χ0n) is 15.1. The molecule has 4 nitrogen and oxygen atoms in total. The minimum Gasteiger partial charge on any atom is -0.481 e. The minimum absolute atomic E-state index is 0.332. The van der Waals surface area contributed by atoms with Gasteiger partial charge < -0.3 is 16.6 Å². The molecule has 0 aliphatic heterocycles.